The zero-order valence-electron chi connectivity index (χ0n) is 7.46. The molecule has 0 amide bonds. The highest BCUT2D eigenvalue weighted by molar-refractivity contribution is 9.10. The smallest absolute Gasteiger partial charge is 0.164 e. The molecule has 0 radical (unpaired) electrons. The maximum absolute atomic E-state index is 11.7. The second-order valence-corrected chi connectivity index (χ2v) is 5.67. The summed E-state index contributed by atoms with van der Waals surface area (Å²) in [6.07, 6.45) is 1.23. The summed E-state index contributed by atoms with van der Waals surface area (Å²) in [6.45, 7) is 0. The lowest BCUT2D eigenvalue weighted by Gasteiger charge is -2.03. The van der Waals surface area contributed by atoms with Gasteiger partial charge in [-0.3, -0.25) is 9.00 Å². The maximum Gasteiger partial charge on any atom is 0.164 e. The number of ketones is 1. The second-order valence-electron chi connectivity index (χ2n) is 3.22. The van der Waals surface area contributed by atoms with Crippen LogP contribution in [0.2, 0.25) is 0 Å². The highest BCUT2D eigenvalue weighted by Crippen LogP contribution is 2.24. The summed E-state index contributed by atoms with van der Waals surface area (Å²) in [7, 11) is -1.00. The molecule has 0 aromatic heterocycles. The lowest BCUT2D eigenvalue weighted by molar-refractivity contribution is 0.0980. The van der Waals surface area contributed by atoms with Gasteiger partial charge in [0.2, 0.25) is 0 Å². The molecule has 4 heteroatoms. The van der Waals surface area contributed by atoms with E-state index in [4.69, 9.17) is 0 Å². The minimum Gasteiger partial charge on any atom is -0.294 e. The molecule has 2 rings (SSSR count). The highest BCUT2D eigenvalue weighted by atomic mass is 79.9. The molecule has 74 valence electrons. The number of halogens is 1. The van der Waals surface area contributed by atoms with Crippen LogP contribution in [-0.4, -0.2) is 15.7 Å². The summed E-state index contributed by atoms with van der Waals surface area (Å²) in [4.78, 5) is 12.3. The average Bonchev–Trinajstić information content (AvgIpc) is 2.28. The van der Waals surface area contributed by atoms with Gasteiger partial charge in [-0.25, -0.2) is 0 Å². The van der Waals surface area contributed by atoms with Crippen molar-refractivity contribution >= 4 is 32.5 Å². The SMILES string of the molecule is O=C1CCCS(=O)c2ccc(Br)cc21. The average molecular weight is 273 g/mol. The third kappa shape index (κ3) is 1.81. The van der Waals surface area contributed by atoms with E-state index < -0.39 is 10.8 Å². The quantitative estimate of drug-likeness (QED) is 0.728. The monoisotopic (exact) mass is 272 g/mol. The number of rotatable bonds is 0. The van der Waals surface area contributed by atoms with Gasteiger partial charge in [-0.2, -0.15) is 0 Å². The molecule has 0 saturated heterocycles. The Hall–Kier alpha value is -0.480. The lowest BCUT2D eigenvalue weighted by atomic mass is 10.1. The van der Waals surface area contributed by atoms with Crippen LogP contribution in [0.25, 0.3) is 0 Å². The molecule has 2 nitrogen and oxygen atoms in total. The first-order valence-corrected chi connectivity index (χ1v) is 6.51. The summed E-state index contributed by atoms with van der Waals surface area (Å²) in [5.74, 6) is 0.701. The summed E-state index contributed by atoms with van der Waals surface area (Å²) < 4.78 is 12.6. The van der Waals surface area contributed by atoms with Gasteiger partial charge in [0, 0.05) is 27.1 Å². The van der Waals surface area contributed by atoms with E-state index in [9.17, 15) is 9.00 Å². The number of carbonyl (C=O) groups is 1. The van der Waals surface area contributed by atoms with Crippen molar-refractivity contribution in [2.24, 2.45) is 0 Å². The maximum atomic E-state index is 11.7. The summed E-state index contributed by atoms with van der Waals surface area (Å²) in [6, 6.07) is 5.37. The minimum atomic E-state index is -1.00. The van der Waals surface area contributed by atoms with Crippen molar-refractivity contribution in [2.45, 2.75) is 17.7 Å². The van der Waals surface area contributed by atoms with Crippen molar-refractivity contribution < 1.29 is 9.00 Å². The molecule has 1 heterocycles. The fourth-order valence-corrected chi connectivity index (χ4v) is 3.15. The van der Waals surface area contributed by atoms with Gasteiger partial charge in [0.05, 0.1) is 10.8 Å². The Kier molecular flexibility index (Phi) is 2.83. The normalized spacial score (nSPS) is 21.5. The van der Waals surface area contributed by atoms with Crippen LogP contribution in [0.3, 0.4) is 0 Å². The number of Topliss-reactive ketones (excluding diaryl/α,β-unsaturated/α-hetero) is 1. The van der Waals surface area contributed by atoms with Gasteiger partial charge in [-0.15, -0.1) is 0 Å². The number of fused-ring (bicyclic) bond motifs is 1. The molecule has 1 unspecified atom stereocenters. The molecule has 0 N–H and O–H groups in total. The summed E-state index contributed by atoms with van der Waals surface area (Å²) in [5.41, 5.74) is 0.621. The minimum absolute atomic E-state index is 0.104. The molecule has 1 atom stereocenters. The van der Waals surface area contributed by atoms with Gasteiger partial charge < -0.3 is 0 Å². The van der Waals surface area contributed by atoms with Crippen molar-refractivity contribution in [2.75, 3.05) is 5.75 Å². The van der Waals surface area contributed by atoms with Gasteiger partial charge in [0.1, 0.15) is 0 Å². The largest absolute Gasteiger partial charge is 0.294 e. The van der Waals surface area contributed by atoms with Crippen LogP contribution in [-0.2, 0) is 10.8 Å². The van der Waals surface area contributed by atoms with E-state index in [0.29, 0.717) is 22.6 Å². The van der Waals surface area contributed by atoms with Crippen molar-refractivity contribution in [1.82, 2.24) is 0 Å². The molecule has 0 saturated carbocycles. The Morgan fingerprint density at radius 3 is 2.93 bits per heavy atom. The molecule has 0 bridgehead atoms. The molecule has 1 aromatic carbocycles. The predicted molar refractivity (Wildman–Crippen MR) is 59.0 cm³/mol. The molecular weight excluding hydrogens is 264 g/mol. The number of hydrogen-bond donors (Lipinski definition) is 0. The zero-order valence-corrected chi connectivity index (χ0v) is 9.86. The number of hydrogen-bond acceptors (Lipinski definition) is 2. The van der Waals surface area contributed by atoms with Crippen LogP contribution < -0.4 is 0 Å². The second kappa shape index (κ2) is 3.95. The van der Waals surface area contributed by atoms with Crippen LogP contribution in [0.15, 0.2) is 27.6 Å². The molecule has 14 heavy (non-hydrogen) atoms. The van der Waals surface area contributed by atoms with Crippen molar-refractivity contribution in [3.8, 4) is 0 Å². The van der Waals surface area contributed by atoms with Crippen LogP contribution >= 0.6 is 15.9 Å². The van der Waals surface area contributed by atoms with Crippen LogP contribution in [0.4, 0.5) is 0 Å². The third-order valence-corrected chi connectivity index (χ3v) is 4.22. The fraction of sp³-hybridized carbons (Fsp3) is 0.300. The van der Waals surface area contributed by atoms with Crippen molar-refractivity contribution in [1.29, 1.82) is 0 Å². The predicted octanol–water partition coefficient (Wildman–Crippen LogP) is 2.53. The number of benzene rings is 1. The Balaban J connectivity index is 2.60. The Morgan fingerprint density at radius 2 is 2.14 bits per heavy atom. The van der Waals surface area contributed by atoms with Crippen molar-refractivity contribution in [3.63, 3.8) is 0 Å². The Labute approximate surface area is 93.3 Å². The Bertz CT molecular complexity index is 415. The van der Waals surface area contributed by atoms with Crippen molar-refractivity contribution in [3.05, 3.63) is 28.2 Å². The first-order valence-electron chi connectivity index (χ1n) is 4.39. The van der Waals surface area contributed by atoms with E-state index in [2.05, 4.69) is 15.9 Å². The van der Waals surface area contributed by atoms with E-state index in [1.807, 2.05) is 6.07 Å². The molecule has 0 spiro atoms. The lowest BCUT2D eigenvalue weighted by Crippen LogP contribution is -2.00. The van der Waals surface area contributed by atoms with Gasteiger partial charge in [0.25, 0.3) is 0 Å². The first kappa shape index (κ1) is 10.1. The van der Waals surface area contributed by atoms with Crippen LogP contribution in [0.5, 0.6) is 0 Å². The Morgan fingerprint density at radius 1 is 1.36 bits per heavy atom. The van der Waals surface area contributed by atoms with Gasteiger partial charge >= 0.3 is 0 Å². The van der Waals surface area contributed by atoms with Gasteiger partial charge in [0.15, 0.2) is 5.78 Å². The highest BCUT2D eigenvalue weighted by Gasteiger charge is 2.20. The fourth-order valence-electron chi connectivity index (χ4n) is 1.53. The first-order chi connectivity index (χ1) is 6.68. The third-order valence-electron chi connectivity index (χ3n) is 2.22. The van der Waals surface area contributed by atoms with Crippen LogP contribution in [0, 0.1) is 0 Å². The van der Waals surface area contributed by atoms with E-state index >= 15 is 0 Å². The van der Waals surface area contributed by atoms with E-state index in [1.165, 1.54) is 0 Å². The summed E-state index contributed by atoms with van der Waals surface area (Å²) in [5, 5.41) is 0. The van der Waals surface area contributed by atoms with Gasteiger partial charge in [-0.05, 0) is 24.6 Å². The van der Waals surface area contributed by atoms with E-state index in [-0.39, 0.29) is 5.78 Å². The molecule has 1 aliphatic rings. The molecule has 1 aliphatic heterocycles. The van der Waals surface area contributed by atoms with E-state index in [1.54, 1.807) is 12.1 Å². The molecule has 1 aromatic rings. The van der Waals surface area contributed by atoms with Crippen LogP contribution in [0.1, 0.15) is 23.2 Å². The summed E-state index contributed by atoms with van der Waals surface area (Å²) >= 11 is 3.31. The van der Waals surface area contributed by atoms with E-state index in [0.717, 1.165) is 10.9 Å². The topological polar surface area (TPSA) is 34.1 Å². The zero-order chi connectivity index (χ0) is 10.1. The number of carbonyl (C=O) groups excluding carboxylic acids is 1. The van der Waals surface area contributed by atoms with Gasteiger partial charge in [-0.1, -0.05) is 15.9 Å². The molecule has 0 aliphatic carbocycles. The molecular formula is C10H9BrO2S. The molecule has 0 fully saturated rings. The standard InChI is InChI=1S/C10H9BrO2S/c11-7-3-4-10-8(6-7)9(12)2-1-5-14(10)13/h3-4,6H,1-2,5H2.